The highest BCUT2D eigenvalue weighted by atomic mass is 19.1. The molecular weight excluding hydrogens is 195 g/mol. The Kier molecular flexibility index (Phi) is 3.03. The zero-order valence-electron chi connectivity index (χ0n) is 8.74. The molecule has 0 bridgehead atoms. The van der Waals surface area contributed by atoms with Crippen LogP contribution < -0.4 is 0 Å². The monoisotopic (exact) mass is 210 g/mol. The molecule has 15 heavy (non-hydrogen) atoms. The van der Waals surface area contributed by atoms with Gasteiger partial charge in [-0.1, -0.05) is 17.7 Å². The molecule has 1 fully saturated rings. The Hall–Kier alpha value is -0.930. The van der Waals surface area contributed by atoms with Crippen LogP contribution in [0, 0.1) is 18.7 Å². The lowest BCUT2D eigenvalue weighted by Gasteiger charge is -2.17. The molecule has 3 heteroatoms. The second-order valence-electron chi connectivity index (χ2n) is 4.05. The van der Waals surface area contributed by atoms with E-state index in [0.29, 0.717) is 12.2 Å². The minimum atomic E-state index is -0.283. The van der Waals surface area contributed by atoms with Gasteiger partial charge in [-0.05, 0) is 19.4 Å². The molecule has 2 atom stereocenters. The zero-order chi connectivity index (χ0) is 10.8. The molecule has 2 rings (SSSR count). The van der Waals surface area contributed by atoms with Crippen molar-refractivity contribution >= 4 is 0 Å². The summed E-state index contributed by atoms with van der Waals surface area (Å²) in [5.41, 5.74) is 1.59. The van der Waals surface area contributed by atoms with Crippen LogP contribution in [0.5, 0.6) is 0 Å². The third kappa shape index (κ3) is 2.03. The Morgan fingerprint density at radius 3 is 3.07 bits per heavy atom. The van der Waals surface area contributed by atoms with E-state index in [1.165, 1.54) is 6.07 Å². The number of aliphatic hydroxyl groups is 1. The predicted molar refractivity (Wildman–Crippen MR) is 55.0 cm³/mol. The normalized spacial score (nSPS) is 25.8. The van der Waals surface area contributed by atoms with Crippen LogP contribution in [0.1, 0.15) is 23.7 Å². The number of halogens is 1. The van der Waals surface area contributed by atoms with E-state index in [1.807, 2.05) is 6.92 Å². The van der Waals surface area contributed by atoms with Gasteiger partial charge >= 0.3 is 0 Å². The Bertz CT molecular complexity index is 351. The lowest BCUT2D eigenvalue weighted by Crippen LogP contribution is -2.13. The second-order valence-corrected chi connectivity index (χ2v) is 4.05. The largest absolute Gasteiger partial charge is 0.396 e. The van der Waals surface area contributed by atoms with Gasteiger partial charge in [0, 0.05) is 24.7 Å². The molecule has 0 saturated carbocycles. The van der Waals surface area contributed by atoms with Gasteiger partial charge in [-0.3, -0.25) is 0 Å². The van der Waals surface area contributed by atoms with E-state index in [1.54, 1.807) is 12.1 Å². The van der Waals surface area contributed by atoms with Crippen molar-refractivity contribution < 1.29 is 14.2 Å². The molecule has 1 aliphatic heterocycles. The van der Waals surface area contributed by atoms with E-state index in [-0.39, 0.29) is 24.4 Å². The third-order valence-electron chi connectivity index (χ3n) is 2.91. The fourth-order valence-corrected chi connectivity index (χ4v) is 2.05. The van der Waals surface area contributed by atoms with E-state index in [0.717, 1.165) is 12.0 Å². The zero-order valence-corrected chi connectivity index (χ0v) is 8.74. The molecule has 1 saturated heterocycles. The van der Waals surface area contributed by atoms with Crippen molar-refractivity contribution in [2.24, 2.45) is 5.92 Å². The molecule has 1 aromatic rings. The number of aryl methyl sites for hydroxylation is 1. The fourth-order valence-electron chi connectivity index (χ4n) is 2.05. The van der Waals surface area contributed by atoms with Gasteiger partial charge < -0.3 is 9.84 Å². The lowest BCUT2D eigenvalue weighted by atomic mass is 9.95. The minimum absolute atomic E-state index is 0.0290. The molecule has 2 unspecified atom stereocenters. The van der Waals surface area contributed by atoms with Crippen molar-refractivity contribution in [3.05, 3.63) is 35.1 Å². The Morgan fingerprint density at radius 1 is 1.53 bits per heavy atom. The van der Waals surface area contributed by atoms with Crippen LogP contribution in [-0.2, 0) is 4.74 Å². The van der Waals surface area contributed by atoms with Crippen LogP contribution in [0.3, 0.4) is 0 Å². The summed E-state index contributed by atoms with van der Waals surface area (Å²) in [6, 6.07) is 5.00. The van der Waals surface area contributed by atoms with Crippen molar-refractivity contribution in [2.75, 3.05) is 13.2 Å². The summed E-state index contributed by atoms with van der Waals surface area (Å²) in [7, 11) is 0. The molecule has 1 aromatic carbocycles. The van der Waals surface area contributed by atoms with Crippen molar-refractivity contribution in [3.8, 4) is 0 Å². The highest BCUT2D eigenvalue weighted by Gasteiger charge is 2.30. The van der Waals surface area contributed by atoms with Crippen LogP contribution in [0.2, 0.25) is 0 Å². The number of hydrogen-bond donors (Lipinski definition) is 1. The summed E-state index contributed by atoms with van der Waals surface area (Å²) in [5.74, 6) is -0.216. The van der Waals surface area contributed by atoms with E-state index < -0.39 is 0 Å². The molecule has 0 aromatic heterocycles. The molecule has 1 aliphatic rings. The van der Waals surface area contributed by atoms with Crippen LogP contribution in [-0.4, -0.2) is 18.3 Å². The van der Waals surface area contributed by atoms with Crippen molar-refractivity contribution in [2.45, 2.75) is 19.4 Å². The van der Waals surface area contributed by atoms with Crippen molar-refractivity contribution in [1.29, 1.82) is 0 Å². The number of rotatable bonds is 2. The molecular formula is C12H15FO2. The number of aliphatic hydroxyl groups excluding tert-OH is 1. The predicted octanol–water partition coefficient (Wildman–Crippen LogP) is 2.20. The van der Waals surface area contributed by atoms with Gasteiger partial charge in [0.1, 0.15) is 5.82 Å². The van der Waals surface area contributed by atoms with Gasteiger partial charge in [-0.15, -0.1) is 0 Å². The Morgan fingerprint density at radius 2 is 2.33 bits per heavy atom. The quantitative estimate of drug-likeness (QED) is 0.810. The molecule has 2 nitrogen and oxygen atoms in total. The van der Waals surface area contributed by atoms with Crippen LogP contribution in [0.15, 0.2) is 18.2 Å². The molecule has 82 valence electrons. The maximum absolute atomic E-state index is 13.6. The highest BCUT2D eigenvalue weighted by Crippen LogP contribution is 2.35. The molecule has 0 amide bonds. The molecule has 0 aliphatic carbocycles. The van der Waals surface area contributed by atoms with Gasteiger partial charge in [0.05, 0.1) is 6.10 Å². The van der Waals surface area contributed by atoms with Gasteiger partial charge in [-0.2, -0.15) is 0 Å². The SMILES string of the molecule is Cc1ccc(F)c(C2OCCC2CO)c1. The van der Waals surface area contributed by atoms with E-state index in [4.69, 9.17) is 9.84 Å². The minimum Gasteiger partial charge on any atom is -0.396 e. The molecule has 0 radical (unpaired) electrons. The summed E-state index contributed by atoms with van der Waals surface area (Å²) < 4.78 is 19.0. The fraction of sp³-hybridized carbons (Fsp3) is 0.500. The first kappa shape index (κ1) is 10.6. The first-order chi connectivity index (χ1) is 7.22. The summed E-state index contributed by atoms with van der Waals surface area (Å²) >= 11 is 0. The second kappa shape index (κ2) is 4.29. The van der Waals surface area contributed by atoms with Crippen LogP contribution in [0.25, 0.3) is 0 Å². The first-order valence-electron chi connectivity index (χ1n) is 5.21. The van der Waals surface area contributed by atoms with Gasteiger partial charge in [0.15, 0.2) is 0 Å². The smallest absolute Gasteiger partial charge is 0.129 e. The summed E-state index contributed by atoms with van der Waals surface area (Å²) in [6.07, 6.45) is 0.518. The number of ether oxygens (including phenoxy) is 1. The highest BCUT2D eigenvalue weighted by molar-refractivity contribution is 5.27. The van der Waals surface area contributed by atoms with Crippen LogP contribution in [0.4, 0.5) is 4.39 Å². The van der Waals surface area contributed by atoms with Crippen molar-refractivity contribution in [3.63, 3.8) is 0 Å². The summed E-state index contributed by atoms with van der Waals surface area (Å²) in [6.45, 7) is 2.58. The molecule has 1 N–H and O–H groups in total. The number of hydrogen-bond acceptors (Lipinski definition) is 2. The third-order valence-corrected chi connectivity index (χ3v) is 2.91. The molecule has 1 heterocycles. The average Bonchev–Trinajstić information content (AvgIpc) is 2.69. The first-order valence-corrected chi connectivity index (χ1v) is 5.21. The maximum Gasteiger partial charge on any atom is 0.129 e. The summed E-state index contributed by atoms with van der Waals surface area (Å²) in [5, 5.41) is 9.16. The summed E-state index contributed by atoms with van der Waals surface area (Å²) in [4.78, 5) is 0. The average molecular weight is 210 g/mol. The maximum atomic E-state index is 13.6. The van der Waals surface area contributed by atoms with Crippen LogP contribution >= 0.6 is 0 Å². The van der Waals surface area contributed by atoms with Gasteiger partial charge in [0.25, 0.3) is 0 Å². The van der Waals surface area contributed by atoms with E-state index in [2.05, 4.69) is 0 Å². The Labute approximate surface area is 88.7 Å². The number of benzene rings is 1. The van der Waals surface area contributed by atoms with Gasteiger partial charge in [-0.25, -0.2) is 4.39 Å². The van der Waals surface area contributed by atoms with Gasteiger partial charge in [0.2, 0.25) is 0 Å². The van der Waals surface area contributed by atoms with E-state index >= 15 is 0 Å². The topological polar surface area (TPSA) is 29.5 Å². The molecule has 0 spiro atoms. The Balaban J connectivity index is 2.31. The standard InChI is InChI=1S/C12H15FO2/c1-8-2-3-11(13)10(6-8)12-9(7-14)4-5-15-12/h2-3,6,9,12,14H,4-5,7H2,1H3. The van der Waals surface area contributed by atoms with Crippen molar-refractivity contribution in [1.82, 2.24) is 0 Å². The van der Waals surface area contributed by atoms with E-state index in [9.17, 15) is 4.39 Å². The lowest BCUT2D eigenvalue weighted by molar-refractivity contribution is 0.0693.